The molecule has 0 amide bonds. The minimum Gasteiger partial charge on any atom is -0.392 e. The first-order valence-electron chi connectivity index (χ1n) is 4.55. The first-order valence-corrected chi connectivity index (χ1v) is 4.55. The van der Waals surface area contributed by atoms with E-state index in [9.17, 15) is 5.11 Å². The second kappa shape index (κ2) is 4.33. The summed E-state index contributed by atoms with van der Waals surface area (Å²) in [4.78, 5) is 0. The Morgan fingerprint density at radius 1 is 1.42 bits per heavy atom. The largest absolute Gasteiger partial charge is 0.392 e. The Morgan fingerprint density at radius 3 is 2.67 bits per heavy atom. The van der Waals surface area contributed by atoms with E-state index >= 15 is 0 Å². The van der Waals surface area contributed by atoms with Crippen LogP contribution in [0.15, 0.2) is 12.2 Å². The van der Waals surface area contributed by atoms with Crippen molar-refractivity contribution in [1.82, 2.24) is 0 Å². The molecule has 0 heterocycles. The molecule has 0 aromatic heterocycles. The van der Waals surface area contributed by atoms with Gasteiger partial charge in [0, 0.05) is 5.92 Å². The topological polar surface area (TPSA) is 20.2 Å². The Balaban J connectivity index is 2.51. The molecule has 1 aliphatic rings. The highest BCUT2D eigenvalue weighted by Gasteiger charge is 2.20. The van der Waals surface area contributed by atoms with Gasteiger partial charge in [0.1, 0.15) is 0 Å². The van der Waals surface area contributed by atoms with Gasteiger partial charge in [0.05, 0.1) is 6.10 Å². The van der Waals surface area contributed by atoms with Gasteiger partial charge in [0.2, 0.25) is 0 Å². The quantitative estimate of drug-likeness (QED) is 0.544. The molecule has 0 saturated heterocycles. The summed E-state index contributed by atoms with van der Waals surface area (Å²) >= 11 is 0. The highest BCUT2D eigenvalue weighted by Crippen LogP contribution is 2.23. The minimum atomic E-state index is -0.203. The maximum Gasteiger partial charge on any atom is 0.0677 e. The molecule has 0 aromatic rings. The molecule has 1 aliphatic carbocycles. The Kier molecular flexibility index (Phi) is 3.37. The van der Waals surface area contributed by atoms with Gasteiger partial charge in [-0.2, -0.15) is 0 Å². The van der Waals surface area contributed by atoms with Gasteiger partial charge in [-0.1, -0.05) is 31.3 Å². The average Bonchev–Trinajstić information content (AvgIpc) is 2.03. The van der Waals surface area contributed by atoms with Crippen molar-refractivity contribution in [3.05, 3.63) is 12.2 Å². The summed E-state index contributed by atoms with van der Waals surface area (Å²) in [6.45, 7) is 5.60. The maximum absolute atomic E-state index is 9.55. The minimum absolute atomic E-state index is 0.190. The standard InChI is InChI=1S/C11H16O/c1-9(2)7-8-10-5-3-4-6-11(10)12/h10-12H,1,3-6H2,2H3. The molecule has 2 unspecified atom stereocenters. The lowest BCUT2D eigenvalue weighted by atomic mass is 9.87. The molecule has 1 rings (SSSR count). The summed E-state index contributed by atoms with van der Waals surface area (Å²) in [5.41, 5.74) is 0.882. The molecule has 12 heavy (non-hydrogen) atoms. The number of allylic oxidation sites excluding steroid dienone is 1. The van der Waals surface area contributed by atoms with Gasteiger partial charge >= 0.3 is 0 Å². The molecule has 1 fully saturated rings. The SMILES string of the molecule is C=C(C)C#CC1CCCCC1O. The number of hydrogen-bond acceptors (Lipinski definition) is 1. The van der Waals surface area contributed by atoms with E-state index in [1.807, 2.05) is 6.92 Å². The zero-order valence-electron chi connectivity index (χ0n) is 7.64. The van der Waals surface area contributed by atoms with E-state index in [-0.39, 0.29) is 12.0 Å². The van der Waals surface area contributed by atoms with Crippen molar-refractivity contribution in [1.29, 1.82) is 0 Å². The van der Waals surface area contributed by atoms with Gasteiger partial charge in [-0.25, -0.2) is 0 Å². The molecule has 0 bridgehead atoms. The van der Waals surface area contributed by atoms with E-state index in [0.29, 0.717) is 0 Å². The monoisotopic (exact) mass is 164 g/mol. The Hall–Kier alpha value is -0.740. The van der Waals surface area contributed by atoms with Crippen LogP contribution in [0.5, 0.6) is 0 Å². The van der Waals surface area contributed by atoms with Crippen LogP contribution in [-0.2, 0) is 0 Å². The van der Waals surface area contributed by atoms with Gasteiger partial charge in [0.25, 0.3) is 0 Å². The van der Waals surface area contributed by atoms with Crippen molar-refractivity contribution in [2.45, 2.75) is 38.7 Å². The number of rotatable bonds is 0. The van der Waals surface area contributed by atoms with Crippen LogP contribution >= 0.6 is 0 Å². The van der Waals surface area contributed by atoms with Crippen molar-refractivity contribution in [3.63, 3.8) is 0 Å². The summed E-state index contributed by atoms with van der Waals surface area (Å²) in [5, 5.41) is 9.55. The van der Waals surface area contributed by atoms with Gasteiger partial charge < -0.3 is 5.11 Å². The van der Waals surface area contributed by atoms with Crippen molar-refractivity contribution in [2.24, 2.45) is 5.92 Å². The average molecular weight is 164 g/mol. The molecule has 0 aromatic carbocycles. The number of hydrogen-bond donors (Lipinski definition) is 1. The first kappa shape index (κ1) is 9.35. The molecule has 1 nitrogen and oxygen atoms in total. The van der Waals surface area contributed by atoms with E-state index in [0.717, 1.165) is 24.8 Å². The third kappa shape index (κ3) is 2.71. The highest BCUT2D eigenvalue weighted by atomic mass is 16.3. The predicted molar refractivity (Wildman–Crippen MR) is 50.6 cm³/mol. The fourth-order valence-electron chi connectivity index (χ4n) is 1.50. The van der Waals surface area contributed by atoms with Gasteiger partial charge in [-0.05, 0) is 25.3 Å². The fraction of sp³-hybridized carbons (Fsp3) is 0.636. The Labute approximate surface area is 74.5 Å². The number of aliphatic hydroxyl groups excluding tert-OH is 1. The zero-order chi connectivity index (χ0) is 8.97. The Bertz CT molecular complexity index is 219. The van der Waals surface area contributed by atoms with Crippen molar-refractivity contribution in [3.8, 4) is 11.8 Å². The summed E-state index contributed by atoms with van der Waals surface area (Å²) in [5.74, 6) is 6.20. The van der Waals surface area contributed by atoms with E-state index < -0.39 is 0 Å². The van der Waals surface area contributed by atoms with Crippen LogP contribution in [0.2, 0.25) is 0 Å². The van der Waals surface area contributed by atoms with E-state index in [1.54, 1.807) is 0 Å². The molecule has 1 N–H and O–H groups in total. The molecular weight excluding hydrogens is 148 g/mol. The van der Waals surface area contributed by atoms with Crippen LogP contribution in [0.4, 0.5) is 0 Å². The summed E-state index contributed by atoms with van der Waals surface area (Å²) in [6.07, 6.45) is 4.10. The normalized spacial score (nSPS) is 28.8. The van der Waals surface area contributed by atoms with Crippen molar-refractivity contribution >= 4 is 0 Å². The number of aliphatic hydroxyl groups is 1. The smallest absolute Gasteiger partial charge is 0.0677 e. The van der Waals surface area contributed by atoms with Gasteiger partial charge in [0.15, 0.2) is 0 Å². The Morgan fingerprint density at radius 2 is 2.08 bits per heavy atom. The molecule has 0 spiro atoms. The summed E-state index contributed by atoms with van der Waals surface area (Å²) in [7, 11) is 0. The van der Waals surface area contributed by atoms with Crippen LogP contribution < -0.4 is 0 Å². The van der Waals surface area contributed by atoms with Crippen LogP contribution in [0.25, 0.3) is 0 Å². The highest BCUT2D eigenvalue weighted by molar-refractivity contribution is 5.24. The van der Waals surface area contributed by atoms with Gasteiger partial charge in [-0.3, -0.25) is 0 Å². The molecular formula is C11H16O. The van der Waals surface area contributed by atoms with E-state index in [1.165, 1.54) is 6.42 Å². The van der Waals surface area contributed by atoms with E-state index in [4.69, 9.17) is 0 Å². The molecule has 0 radical (unpaired) electrons. The molecule has 2 atom stereocenters. The molecule has 1 saturated carbocycles. The predicted octanol–water partition coefficient (Wildman–Crippen LogP) is 2.12. The second-order valence-electron chi connectivity index (χ2n) is 3.51. The first-order chi connectivity index (χ1) is 5.70. The maximum atomic E-state index is 9.55. The lowest BCUT2D eigenvalue weighted by Crippen LogP contribution is -2.22. The van der Waals surface area contributed by atoms with Crippen LogP contribution in [0, 0.1) is 17.8 Å². The molecule has 0 aliphatic heterocycles. The van der Waals surface area contributed by atoms with E-state index in [2.05, 4.69) is 18.4 Å². The van der Waals surface area contributed by atoms with Crippen molar-refractivity contribution < 1.29 is 5.11 Å². The molecule has 1 heteroatoms. The third-order valence-corrected chi connectivity index (χ3v) is 2.20. The third-order valence-electron chi connectivity index (χ3n) is 2.20. The summed E-state index contributed by atoms with van der Waals surface area (Å²) in [6, 6.07) is 0. The summed E-state index contributed by atoms with van der Waals surface area (Å²) < 4.78 is 0. The van der Waals surface area contributed by atoms with Crippen LogP contribution in [0.1, 0.15) is 32.6 Å². The zero-order valence-corrected chi connectivity index (χ0v) is 7.64. The van der Waals surface area contributed by atoms with Crippen molar-refractivity contribution in [2.75, 3.05) is 0 Å². The lowest BCUT2D eigenvalue weighted by Gasteiger charge is -2.22. The van der Waals surface area contributed by atoms with Crippen LogP contribution in [-0.4, -0.2) is 11.2 Å². The van der Waals surface area contributed by atoms with Crippen LogP contribution in [0.3, 0.4) is 0 Å². The molecule has 66 valence electrons. The fourth-order valence-corrected chi connectivity index (χ4v) is 1.50. The van der Waals surface area contributed by atoms with Gasteiger partial charge in [-0.15, -0.1) is 0 Å². The second-order valence-corrected chi connectivity index (χ2v) is 3.51. The lowest BCUT2D eigenvalue weighted by molar-refractivity contribution is 0.0970.